The molecular formula is C13H30IN3O. The Balaban J connectivity index is 0. The average Bonchev–Trinajstić information content (AvgIpc) is 2.35. The van der Waals surface area contributed by atoms with Crippen LogP contribution in [0.1, 0.15) is 39.5 Å². The molecule has 0 bridgehead atoms. The fourth-order valence-electron chi connectivity index (χ4n) is 1.56. The minimum absolute atomic E-state index is 0. The van der Waals surface area contributed by atoms with E-state index in [2.05, 4.69) is 29.2 Å². The summed E-state index contributed by atoms with van der Waals surface area (Å²) in [6, 6.07) is 0. The van der Waals surface area contributed by atoms with E-state index in [9.17, 15) is 0 Å². The Morgan fingerprint density at radius 3 is 2.50 bits per heavy atom. The van der Waals surface area contributed by atoms with E-state index in [0.717, 1.165) is 45.1 Å². The van der Waals surface area contributed by atoms with Crippen LogP contribution in [0.15, 0.2) is 4.99 Å². The van der Waals surface area contributed by atoms with Crippen molar-refractivity contribution in [3.8, 4) is 0 Å². The topological polar surface area (TPSA) is 36.9 Å². The van der Waals surface area contributed by atoms with Gasteiger partial charge in [0.15, 0.2) is 5.96 Å². The molecule has 0 aliphatic rings. The normalized spacial score (nSPS) is 11.0. The van der Waals surface area contributed by atoms with Gasteiger partial charge in [0.25, 0.3) is 0 Å². The molecule has 4 nitrogen and oxygen atoms in total. The summed E-state index contributed by atoms with van der Waals surface area (Å²) in [6.07, 6.45) is 4.66. The third-order valence-corrected chi connectivity index (χ3v) is 2.62. The van der Waals surface area contributed by atoms with Gasteiger partial charge in [-0.1, -0.05) is 13.3 Å². The summed E-state index contributed by atoms with van der Waals surface area (Å²) in [6.45, 7) is 7.95. The standard InChI is InChI=1S/C13H29N3O.HI/c1-5-7-11-16(4)13(14-3)15-10-8-9-12-17-6-2;/h5-12H2,1-4H3,(H,14,15);1H. The van der Waals surface area contributed by atoms with E-state index < -0.39 is 0 Å². The number of hydrogen-bond acceptors (Lipinski definition) is 2. The molecule has 0 heterocycles. The first-order valence-electron chi connectivity index (χ1n) is 6.75. The number of halogens is 1. The van der Waals surface area contributed by atoms with Crippen molar-refractivity contribution in [3.05, 3.63) is 0 Å². The Hall–Kier alpha value is -0.0400. The molecule has 110 valence electrons. The zero-order valence-corrected chi connectivity index (χ0v) is 14.7. The number of aliphatic imine (C=N–C) groups is 1. The molecule has 0 saturated carbocycles. The van der Waals surface area contributed by atoms with E-state index in [0.29, 0.717) is 0 Å². The van der Waals surface area contributed by atoms with Crippen LogP contribution in [-0.2, 0) is 4.74 Å². The van der Waals surface area contributed by atoms with Crippen LogP contribution in [0.2, 0.25) is 0 Å². The highest BCUT2D eigenvalue weighted by atomic mass is 127. The van der Waals surface area contributed by atoms with Crippen LogP contribution in [0.4, 0.5) is 0 Å². The van der Waals surface area contributed by atoms with E-state index in [1.807, 2.05) is 14.0 Å². The van der Waals surface area contributed by atoms with E-state index in [4.69, 9.17) is 4.74 Å². The summed E-state index contributed by atoms with van der Waals surface area (Å²) in [4.78, 5) is 6.46. The lowest BCUT2D eigenvalue weighted by atomic mass is 10.3. The van der Waals surface area contributed by atoms with Crippen LogP contribution in [0, 0.1) is 0 Å². The molecule has 0 amide bonds. The van der Waals surface area contributed by atoms with Crippen LogP contribution in [-0.4, -0.2) is 51.3 Å². The summed E-state index contributed by atoms with van der Waals surface area (Å²) >= 11 is 0. The molecule has 1 N–H and O–H groups in total. The van der Waals surface area contributed by atoms with Crippen molar-refractivity contribution in [2.24, 2.45) is 4.99 Å². The molecule has 0 aliphatic carbocycles. The number of ether oxygens (including phenoxy) is 1. The minimum atomic E-state index is 0. The van der Waals surface area contributed by atoms with E-state index in [1.54, 1.807) is 0 Å². The van der Waals surface area contributed by atoms with Gasteiger partial charge in [0, 0.05) is 40.4 Å². The molecule has 0 unspecified atom stereocenters. The monoisotopic (exact) mass is 371 g/mol. The highest BCUT2D eigenvalue weighted by Gasteiger charge is 2.03. The molecule has 0 spiro atoms. The molecule has 0 aromatic rings. The summed E-state index contributed by atoms with van der Waals surface area (Å²) < 4.78 is 5.30. The lowest BCUT2D eigenvalue weighted by Gasteiger charge is -2.21. The van der Waals surface area contributed by atoms with Crippen LogP contribution in [0.5, 0.6) is 0 Å². The van der Waals surface area contributed by atoms with Gasteiger partial charge in [-0.3, -0.25) is 4.99 Å². The van der Waals surface area contributed by atoms with Crippen LogP contribution in [0.25, 0.3) is 0 Å². The molecule has 0 saturated heterocycles. The zero-order chi connectivity index (χ0) is 12.9. The Labute approximate surface area is 130 Å². The summed E-state index contributed by atoms with van der Waals surface area (Å²) in [7, 11) is 3.93. The van der Waals surface area contributed by atoms with Gasteiger partial charge in [-0.2, -0.15) is 0 Å². The molecule has 0 rings (SSSR count). The Morgan fingerprint density at radius 1 is 1.22 bits per heavy atom. The van der Waals surface area contributed by atoms with Gasteiger partial charge in [-0.15, -0.1) is 24.0 Å². The third kappa shape index (κ3) is 11.1. The SMILES string of the molecule is CCCCN(C)C(=NC)NCCCCOCC.I. The van der Waals surface area contributed by atoms with Crippen LogP contribution >= 0.6 is 24.0 Å². The smallest absolute Gasteiger partial charge is 0.193 e. The minimum Gasteiger partial charge on any atom is -0.382 e. The maximum Gasteiger partial charge on any atom is 0.193 e. The van der Waals surface area contributed by atoms with Gasteiger partial charge in [-0.25, -0.2) is 0 Å². The van der Waals surface area contributed by atoms with Gasteiger partial charge in [-0.05, 0) is 26.2 Å². The first kappa shape index (κ1) is 20.3. The first-order chi connectivity index (χ1) is 8.26. The molecule has 0 atom stereocenters. The zero-order valence-electron chi connectivity index (χ0n) is 12.4. The molecule has 0 fully saturated rings. The van der Waals surface area contributed by atoms with Crippen molar-refractivity contribution in [1.82, 2.24) is 10.2 Å². The van der Waals surface area contributed by atoms with Crippen LogP contribution < -0.4 is 5.32 Å². The maximum atomic E-state index is 5.30. The Kier molecular flexibility index (Phi) is 16.9. The van der Waals surface area contributed by atoms with E-state index in [1.165, 1.54) is 12.8 Å². The summed E-state index contributed by atoms with van der Waals surface area (Å²) in [5.74, 6) is 0.995. The van der Waals surface area contributed by atoms with Crippen molar-refractivity contribution < 1.29 is 4.74 Å². The van der Waals surface area contributed by atoms with Crippen LogP contribution in [0.3, 0.4) is 0 Å². The number of unbranched alkanes of at least 4 members (excludes halogenated alkanes) is 2. The van der Waals surface area contributed by atoms with E-state index >= 15 is 0 Å². The number of guanidine groups is 1. The van der Waals surface area contributed by atoms with Crippen molar-refractivity contribution in [3.63, 3.8) is 0 Å². The summed E-state index contributed by atoms with van der Waals surface area (Å²) in [5, 5.41) is 3.38. The average molecular weight is 371 g/mol. The molecule has 18 heavy (non-hydrogen) atoms. The number of rotatable bonds is 9. The molecular weight excluding hydrogens is 341 g/mol. The van der Waals surface area contributed by atoms with E-state index in [-0.39, 0.29) is 24.0 Å². The second-order valence-corrected chi connectivity index (χ2v) is 4.15. The lowest BCUT2D eigenvalue weighted by molar-refractivity contribution is 0.143. The van der Waals surface area contributed by atoms with Gasteiger partial charge in [0.1, 0.15) is 0 Å². The van der Waals surface area contributed by atoms with Crippen molar-refractivity contribution in [2.75, 3.05) is 40.4 Å². The molecule has 5 heteroatoms. The van der Waals surface area contributed by atoms with Gasteiger partial charge < -0.3 is 15.0 Å². The quantitative estimate of drug-likeness (QED) is 0.293. The Morgan fingerprint density at radius 2 is 1.94 bits per heavy atom. The second kappa shape index (κ2) is 15.0. The maximum absolute atomic E-state index is 5.30. The number of nitrogens with zero attached hydrogens (tertiary/aromatic N) is 2. The highest BCUT2D eigenvalue weighted by molar-refractivity contribution is 14.0. The van der Waals surface area contributed by atoms with Crippen molar-refractivity contribution in [1.29, 1.82) is 0 Å². The highest BCUT2D eigenvalue weighted by Crippen LogP contribution is 1.94. The molecule has 0 aromatic carbocycles. The van der Waals surface area contributed by atoms with Gasteiger partial charge in [0.2, 0.25) is 0 Å². The first-order valence-corrected chi connectivity index (χ1v) is 6.75. The third-order valence-electron chi connectivity index (χ3n) is 2.62. The lowest BCUT2D eigenvalue weighted by Crippen LogP contribution is -2.39. The molecule has 0 radical (unpaired) electrons. The number of nitrogens with one attached hydrogen (secondary N) is 1. The fraction of sp³-hybridized carbons (Fsp3) is 0.923. The fourth-order valence-corrected chi connectivity index (χ4v) is 1.56. The Bertz CT molecular complexity index is 201. The van der Waals surface area contributed by atoms with Gasteiger partial charge >= 0.3 is 0 Å². The second-order valence-electron chi connectivity index (χ2n) is 4.15. The number of hydrogen-bond donors (Lipinski definition) is 1. The van der Waals surface area contributed by atoms with Crippen molar-refractivity contribution in [2.45, 2.75) is 39.5 Å². The largest absolute Gasteiger partial charge is 0.382 e. The molecule has 0 aliphatic heterocycles. The summed E-state index contributed by atoms with van der Waals surface area (Å²) in [5.41, 5.74) is 0. The van der Waals surface area contributed by atoms with Crippen molar-refractivity contribution >= 4 is 29.9 Å². The van der Waals surface area contributed by atoms with Gasteiger partial charge in [0.05, 0.1) is 0 Å². The predicted octanol–water partition coefficient (Wildman–Crippen LogP) is 2.73. The predicted molar refractivity (Wildman–Crippen MR) is 90.0 cm³/mol. The molecule has 0 aromatic heterocycles.